The van der Waals surface area contributed by atoms with Gasteiger partial charge >= 0.3 is 0 Å². The molecule has 2 aliphatic rings. The Morgan fingerprint density at radius 1 is 0.800 bits per heavy atom. The van der Waals surface area contributed by atoms with Gasteiger partial charge in [-0.15, -0.1) is 0 Å². The monoisotopic (exact) mass is 334 g/mol. The van der Waals surface area contributed by atoms with Crippen LogP contribution in [0.15, 0.2) is 60.7 Å². The summed E-state index contributed by atoms with van der Waals surface area (Å²) in [5.74, 6) is 0.604. The summed E-state index contributed by atoms with van der Waals surface area (Å²) < 4.78 is 0. The zero-order valence-corrected chi connectivity index (χ0v) is 15.1. The lowest BCUT2D eigenvalue weighted by atomic mass is 9.90. The first kappa shape index (κ1) is 16.8. The van der Waals surface area contributed by atoms with Crippen LogP contribution in [0.2, 0.25) is 0 Å². The van der Waals surface area contributed by atoms with Crippen molar-refractivity contribution >= 4 is 0 Å². The molecule has 2 fully saturated rings. The van der Waals surface area contributed by atoms with Crippen LogP contribution in [0.1, 0.15) is 49.1 Å². The highest BCUT2D eigenvalue weighted by Gasteiger charge is 2.34. The van der Waals surface area contributed by atoms with Crippen LogP contribution in [0.3, 0.4) is 0 Å². The Morgan fingerprint density at radius 3 is 2.20 bits per heavy atom. The van der Waals surface area contributed by atoms with E-state index in [-0.39, 0.29) is 0 Å². The standard InChI is InChI=1S/C23H30N2/c1-4-10-19(11-5-1)16-25-17-22(20-12-6-2-7-13-20)23(18-25)24-21-14-8-3-9-15-21/h1-2,4-7,10-13,21-24H,3,8-9,14-18H2/t22-,23+/m0/s1. The molecule has 132 valence electrons. The third-order valence-electron chi connectivity index (χ3n) is 5.93. The van der Waals surface area contributed by atoms with Gasteiger partial charge in [0.2, 0.25) is 0 Å². The van der Waals surface area contributed by atoms with Crippen molar-refractivity contribution in [2.75, 3.05) is 13.1 Å². The van der Waals surface area contributed by atoms with Crippen molar-refractivity contribution in [3.63, 3.8) is 0 Å². The van der Waals surface area contributed by atoms with E-state index in [9.17, 15) is 0 Å². The fraction of sp³-hybridized carbons (Fsp3) is 0.478. The SMILES string of the molecule is c1ccc(CN2C[C@@H](NC3CCCCC3)[C@H](c3ccccc3)C2)cc1. The molecular weight excluding hydrogens is 304 g/mol. The molecule has 2 aromatic carbocycles. The smallest absolute Gasteiger partial charge is 0.0278 e. The van der Waals surface area contributed by atoms with Gasteiger partial charge < -0.3 is 5.32 Å². The van der Waals surface area contributed by atoms with Gasteiger partial charge in [0, 0.05) is 37.6 Å². The van der Waals surface area contributed by atoms with E-state index in [0.29, 0.717) is 12.0 Å². The summed E-state index contributed by atoms with van der Waals surface area (Å²) in [6.07, 6.45) is 6.93. The summed E-state index contributed by atoms with van der Waals surface area (Å²) in [5.41, 5.74) is 2.92. The van der Waals surface area contributed by atoms with Gasteiger partial charge in [-0.3, -0.25) is 4.90 Å². The maximum Gasteiger partial charge on any atom is 0.0278 e. The lowest BCUT2D eigenvalue weighted by Gasteiger charge is -2.29. The highest BCUT2D eigenvalue weighted by Crippen LogP contribution is 2.30. The minimum Gasteiger partial charge on any atom is -0.309 e. The number of nitrogens with one attached hydrogen (secondary N) is 1. The van der Waals surface area contributed by atoms with Crippen molar-refractivity contribution in [2.45, 2.75) is 56.7 Å². The molecule has 1 saturated carbocycles. The molecule has 2 nitrogen and oxygen atoms in total. The first-order valence-electron chi connectivity index (χ1n) is 9.96. The van der Waals surface area contributed by atoms with Crippen LogP contribution < -0.4 is 5.32 Å². The number of hydrogen-bond donors (Lipinski definition) is 1. The zero-order valence-electron chi connectivity index (χ0n) is 15.1. The fourth-order valence-electron chi connectivity index (χ4n) is 4.63. The van der Waals surface area contributed by atoms with Gasteiger partial charge in [0.1, 0.15) is 0 Å². The predicted molar refractivity (Wildman–Crippen MR) is 105 cm³/mol. The Kier molecular flexibility index (Phi) is 5.49. The van der Waals surface area contributed by atoms with Crippen molar-refractivity contribution < 1.29 is 0 Å². The molecule has 2 atom stereocenters. The van der Waals surface area contributed by atoms with Crippen molar-refractivity contribution in [2.24, 2.45) is 0 Å². The van der Waals surface area contributed by atoms with Crippen molar-refractivity contribution in [3.8, 4) is 0 Å². The van der Waals surface area contributed by atoms with E-state index in [1.54, 1.807) is 0 Å². The van der Waals surface area contributed by atoms with Gasteiger partial charge in [-0.1, -0.05) is 79.9 Å². The Hall–Kier alpha value is -1.64. The van der Waals surface area contributed by atoms with Gasteiger partial charge in [0.25, 0.3) is 0 Å². The average molecular weight is 335 g/mol. The number of benzene rings is 2. The van der Waals surface area contributed by atoms with Gasteiger partial charge in [-0.25, -0.2) is 0 Å². The maximum atomic E-state index is 4.04. The molecule has 2 aromatic rings. The second-order valence-corrected chi connectivity index (χ2v) is 7.80. The molecule has 0 aromatic heterocycles. The highest BCUT2D eigenvalue weighted by atomic mass is 15.2. The van der Waals surface area contributed by atoms with E-state index in [4.69, 9.17) is 0 Å². The summed E-state index contributed by atoms with van der Waals surface area (Å²) in [7, 11) is 0. The van der Waals surface area contributed by atoms with E-state index in [1.165, 1.54) is 43.2 Å². The number of likely N-dealkylation sites (tertiary alicyclic amines) is 1. The highest BCUT2D eigenvalue weighted by molar-refractivity contribution is 5.24. The van der Waals surface area contributed by atoms with Crippen molar-refractivity contribution in [1.82, 2.24) is 10.2 Å². The van der Waals surface area contributed by atoms with E-state index in [2.05, 4.69) is 70.9 Å². The average Bonchev–Trinajstić information content (AvgIpc) is 3.06. The third-order valence-corrected chi connectivity index (χ3v) is 5.93. The summed E-state index contributed by atoms with van der Waals surface area (Å²) in [6.45, 7) is 3.38. The first-order valence-corrected chi connectivity index (χ1v) is 9.96. The Morgan fingerprint density at radius 2 is 1.48 bits per heavy atom. The van der Waals surface area contributed by atoms with Gasteiger partial charge in [0.15, 0.2) is 0 Å². The molecule has 1 heterocycles. The Labute approximate surface area is 152 Å². The van der Waals surface area contributed by atoms with Crippen LogP contribution in [-0.4, -0.2) is 30.1 Å². The molecule has 0 bridgehead atoms. The van der Waals surface area contributed by atoms with E-state index >= 15 is 0 Å². The Bertz CT molecular complexity index is 634. The van der Waals surface area contributed by atoms with Crippen LogP contribution in [-0.2, 0) is 6.54 Å². The maximum absolute atomic E-state index is 4.04. The molecule has 2 heteroatoms. The van der Waals surface area contributed by atoms with Gasteiger partial charge in [-0.2, -0.15) is 0 Å². The van der Waals surface area contributed by atoms with Crippen LogP contribution >= 0.6 is 0 Å². The molecule has 0 unspecified atom stereocenters. The molecule has 4 rings (SSSR count). The first-order chi connectivity index (χ1) is 12.4. The Balaban J connectivity index is 1.47. The third kappa shape index (κ3) is 4.31. The molecule has 1 saturated heterocycles. The molecule has 0 amide bonds. The fourth-order valence-corrected chi connectivity index (χ4v) is 4.63. The largest absolute Gasteiger partial charge is 0.309 e. The van der Waals surface area contributed by atoms with E-state index in [0.717, 1.165) is 25.7 Å². The van der Waals surface area contributed by atoms with Crippen LogP contribution in [0, 0.1) is 0 Å². The molecule has 0 spiro atoms. The summed E-state index contributed by atoms with van der Waals surface area (Å²) >= 11 is 0. The molecule has 1 aliphatic carbocycles. The van der Waals surface area contributed by atoms with E-state index in [1.807, 2.05) is 0 Å². The second kappa shape index (κ2) is 8.16. The van der Waals surface area contributed by atoms with E-state index < -0.39 is 0 Å². The minimum atomic E-state index is 0.578. The number of nitrogens with zero attached hydrogens (tertiary/aromatic N) is 1. The summed E-state index contributed by atoms with van der Waals surface area (Å²) in [5, 5.41) is 4.04. The lowest BCUT2D eigenvalue weighted by molar-refractivity contribution is 0.298. The zero-order chi connectivity index (χ0) is 16.9. The quantitative estimate of drug-likeness (QED) is 0.861. The van der Waals surface area contributed by atoms with Crippen LogP contribution in [0.4, 0.5) is 0 Å². The number of rotatable bonds is 5. The van der Waals surface area contributed by atoms with Crippen LogP contribution in [0.25, 0.3) is 0 Å². The number of hydrogen-bond acceptors (Lipinski definition) is 2. The normalized spacial score (nSPS) is 25.3. The topological polar surface area (TPSA) is 15.3 Å². The van der Waals surface area contributed by atoms with Crippen molar-refractivity contribution in [3.05, 3.63) is 71.8 Å². The summed E-state index contributed by atoms with van der Waals surface area (Å²) in [4.78, 5) is 2.63. The second-order valence-electron chi connectivity index (χ2n) is 7.80. The van der Waals surface area contributed by atoms with Crippen molar-refractivity contribution in [1.29, 1.82) is 0 Å². The van der Waals surface area contributed by atoms with Gasteiger partial charge in [-0.05, 0) is 24.0 Å². The minimum absolute atomic E-state index is 0.578. The molecule has 1 N–H and O–H groups in total. The molecular formula is C23H30N2. The molecule has 25 heavy (non-hydrogen) atoms. The lowest BCUT2D eigenvalue weighted by Crippen LogP contribution is -2.43. The predicted octanol–water partition coefficient (Wildman–Crippen LogP) is 4.58. The molecule has 1 aliphatic heterocycles. The van der Waals surface area contributed by atoms with Crippen LogP contribution in [0.5, 0.6) is 0 Å². The van der Waals surface area contributed by atoms with Gasteiger partial charge in [0.05, 0.1) is 0 Å². The summed E-state index contributed by atoms with van der Waals surface area (Å²) in [6, 6.07) is 23.3. The molecule has 0 radical (unpaired) electrons.